The minimum atomic E-state index is -1.06. The Bertz CT molecular complexity index is 1110. The van der Waals surface area contributed by atoms with Gasteiger partial charge < -0.3 is 0 Å². The van der Waals surface area contributed by atoms with E-state index in [0.29, 0.717) is 11.1 Å². The van der Waals surface area contributed by atoms with Crippen LogP contribution in [0.15, 0.2) is 78.9 Å². The monoisotopic (exact) mass is 417 g/mol. The van der Waals surface area contributed by atoms with Gasteiger partial charge in [-0.15, -0.1) is 0 Å². The molecule has 0 N–H and O–H groups in total. The number of carbonyl (C=O) groups excluding carboxylic acids is 4. The Balaban J connectivity index is 2.10. The summed E-state index contributed by atoms with van der Waals surface area (Å²) in [5.41, 5.74) is 1.22. The van der Waals surface area contributed by atoms with Gasteiger partial charge in [-0.2, -0.15) is 0 Å². The molecule has 0 fully saturated rings. The fourth-order valence-electron chi connectivity index (χ4n) is 3.38. The lowest BCUT2D eigenvalue weighted by atomic mass is 9.95. The van der Waals surface area contributed by atoms with Gasteiger partial charge in [0.2, 0.25) is 6.29 Å². The molecule has 0 radical (unpaired) electrons. The summed E-state index contributed by atoms with van der Waals surface area (Å²) in [5.74, 6) is -2.00. The van der Waals surface area contributed by atoms with E-state index in [0.717, 1.165) is 4.90 Å². The SMILES string of the molecule is CC(=O)c1ccc(N(C(=O)C=O)C(CC(=O)c2ccccc2)c2ccccc2F)cc1. The third-order valence-corrected chi connectivity index (χ3v) is 4.94. The van der Waals surface area contributed by atoms with Crippen LogP contribution >= 0.6 is 0 Å². The van der Waals surface area contributed by atoms with Crippen LogP contribution in [-0.2, 0) is 9.59 Å². The molecular weight excluding hydrogens is 397 g/mol. The van der Waals surface area contributed by atoms with Gasteiger partial charge in [0.05, 0.1) is 6.04 Å². The van der Waals surface area contributed by atoms with E-state index in [1.54, 1.807) is 36.4 Å². The average molecular weight is 417 g/mol. The molecule has 1 unspecified atom stereocenters. The van der Waals surface area contributed by atoms with Gasteiger partial charge in [0.15, 0.2) is 11.6 Å². The van der Waals surface area contributed by atoms with Crippen molar-refractivity contribution < 1.29 is 23.6 Å². The molecule has 0 spiro atoms. The Morgan fingerprint density at radius 3 is 2.06 bits per heavy atom. The Labute approximate surface area is 179 Å². The van der Waals surface area contributed by atoms with E-state index in [9.17, 15) is 23.6 Å². The molecule has 0 aliphatic rings. The predicted octanol–water partition coefficient (Wildman–Crippen LogP) is 4.57. The topological polar surface area (TPSA) is 71.5 Å². The highest BCUT2D eigenvalue weighted by Crippen LogP contribution is 2.33. The van der Waals surface area contributed by atoms with E-state index in [4.69, 9.17) is 0 Å². The first kappa shape index (κ1) is 21.8. The predicted molar refractivity (Wildman–Crippen MR) is 115 cm³/mol. The van der Waals surface area contributed by atoms with Gasteiger partial charge >= 0.3 is 0 Å². The quantitative estimate of drug-likeness (QED) is 0.306. The van der Waals surface area contributed by atoms with E-state index in [2.05, 4.69) is 0 Å². The molecule has 0 saturated carbocycles. The molecule has 31 heavy (non-hydrogen) atoms. The van der Waals surface area contributed by atoms with E-state index in [1.807, 2.05) is 0 Å². The smallest absolute Gasteiger partial charge is 0.291 e. The van der Waals surface area contributed by atoms with Crippen molar-refractivity contribution in [3.63, 3.8) is 0 Å². The molecule has 1 amide bonds. The number of carbonyl (C=O) groups is 4. The molecule has 5 nitrogen and oxygen atoms in total. The van der Waals surface area contributed by atoms with Crippen LogP contribution in [0.25, 0.3) is 0 Å². The largest absolute Gasteiger partial charge is 0.298 e. The number of Topliss-reactive ketones (excluding diaryl/α,β-unsaturated/α-hetero) is 2. The lowest BCUT2D eigenvalue weighted by Gasteiger charge is -2.31. The zero-order chi connectivity index (χ0) is 22.4. The standard InChI is InChI=1S/C25H20FNO4/c1-17(29)18-11-13-20(14-12-18)27(25(31)16-28)23(21-9-5-6-10-22(21)26)15-24(30)19-7-3-2-4-8-19/h2-14,16,23H,15H2,1H3. The van der Waals surface area contributed by atoms with Crippen LogP contribution < -0.4 is 4.90 Å². The average Bonchev–Trinajstić information content (AvgIpc) is 2.79. The third-order valence-electron chi connectivity index (χ3n) is 4.94. The number of hydrogen-bond acceptors (Lipinski definition) is 4. The van der Waals surface area contributed by atoms with Gasteiger partial charge in [-0.25, -0.2) is 4.39 Å². The fourth-order valence-corrected chi connectivity index (χ4v) is 3.38. The van der Waals surface area contributed by atoms with Crippen molar-refractivity contribution in [3.8, 4) is 0 Å². The van der Waals surface area contributed by atoms with Gasteiger partial charge in [0.25, 0.3) is 5.91 Å². The highest BCUT2D eigenvalue weighted by Gasteiger charge is 2.31. The number of anilines is 1. The Kier molecular flexibility index (Phi) is 6.82. The van der Waals surface area contributed by atoms with Crippen LogP contribution in [0.3, 0.4) is 0 Å². The first-order chi connectivity index (χ1) is 14.9. The maximum absolute atomic E-state index is 14.7. The normalized spacial score (nSPS) is 11.4. The van der Waals surface area contributed by atoms with E-state index >= 15 is 0 Å². The lowest BCUT2D eigenvalue weighted by molar-refractivity contribution is -0.129. The molecule has 156 valence electrons. The summed E-state index contributed by atoms with van der Waals surface area (Å²) in [6.45, 7) is 1.41. The van der Waals surface area contributed by atoms with Crippen LogP contribution in [-0.4, -0.2) is 23.8 Å². The van der Waals surface area contributed by atoms with Gasteiger partial charge in [0, 0.05) is 28.8 Å². The molecule has 0 heterocycles. The molecule has 1 atom stereocenters. The summed E-state index contributed by atoms with van der Waals surface area (Å²) < 4.78 is 14.7. The first-order valence-corrected chi connectivity index (χ1v) is 9.64. The highest BCUT2D eigenvalue weighted by atomic mass is 19.1. The van der Waals surface area contributed by atoms with Crippen molar-refractivity contribution in [1.29, 1.82) is 0 Å². The van der Waals surface area contributed by atoms with E-state index in [1.165, 1.54) is 49.4 Å². The maximum atomic E-state index is 14.7. The minimum absolute atomic E-state index is 0.109. The molecule has 6 heteroatoms. The van der Waals surface area contributed by atoms with E-state index < -0.39 is 17.8 Å². The summed E-state index contributed by atoms with van der Waals surface area (Å²) in [7, 11) is 0. The number of ketones is 2. The molecule has 0 aliphatic heterocycles. The van der Waals surface area contributed by atoms with Gasteiger partial charge in [-0.05, 0) is 37.3 Å². The molecule has 3 aromatic carbocycles. The third kappa shape index (κ3) is 4.98. The summed E-state index contributed by atoms with van der Waals surface area (Å²) in [4.78, 5) is 49.7. The Morgan fingerprint density at radius 1 is 0.871 bits per heavy atom. The molecule has 0 bridgehead atoms. The summed E-state index contributed by atoms with van der Waals surface area (Å²) in [5, 5.41) is 0. The van der Waals surface area contributed by atoms with Crippen molar-refractivity contribution in [2.75, 3.05) is 4.90 Å². The number of hydrogen-bond donors (Lipinski definition) is 0. The van der Waals surface area contributed by atoms with Crippen molar-refractivity contribution >= 4 is 29.4 Å². The zero-order valence-electron chi connectivity index (χ0n) is 16.8. The number of benzene rings is 3. The minimum Gasteiger partial charge on any atom is -0.298 e. The second-order valence-corrected chi connectivity index (χ2v) is 6.96. The van der Waals surface area contributed by atoms with Crippen molar-refractivity contribution in [3.05, 3.63) is 101 Å². The highest BCUT2D eigenvalue weighted by molar-refractivity contribution is 6.30. The maximum Gasteiger partial charge on any atom is 0.291 e. The van der Waals surface area contributed by atoms with Crippen molar-refractivity contribution in [2.24, 2.45) is 0 Å². The van der Waals surface area contributed by atoms with Crippen molar-refractivity contribution in [2.45, 2.75) is 19.4 Å². The van der Waals surface area contributed by atoms with Gasteiger partial charge in [0.1, 0.15) is 5.82 Å². The second-order valence-electron chi connectivity index (χ2n) is 6.96. The second kappa shape index (κ2) is 9.71. The Morgan fingerprint density at radius 2 is 1.48 bits per heavy atom. The molecular formula is C25H20FNO4. The van der Waals surface area contributed by atoms with Gasteiger partial charge in [-0.1, -0.05) is 48.5 Å². The molecule has 3 aromatic rings. The summed E-state index contributed by atoms with van der Waals surface area (Å²) in [6, 6.07) is 19.2. The molecule has 0 aromatic heterocycles. The number of rotatable bonds is 8. The number of halogens is 1. The molecule has 3 rings (SSSR count). The van der Waals surface area contributed by atoms with Crippen molar-refractivity contribution in [1.82, 2.24) is 0 Å². The summed E-state index contributed by atoms with van der Waals surface area (Å²) in [6.07, 6.45) is -0.112. The van der Waals surface area contributed by atoms with Crippen LogP contribution in [0.5, 0.6) is 0 Å². The molecule has 0 aliphatic carbocycles. The first-order valence-electron chi connectivity index (χ1n) is 9.64. The summed E-state index contributed by atoms with van der Waals surface area (Å²) >= 11 is 0. The lowest BCUT2D eigenvalue weighted by Crippen LogP contribution is -2.37. The number of aldehydes is 1. The Hall–Kier alpha value is -3.93. The fraction of sp³-hybridized carbons (Fsp3) is 0.120. The van der Waals surface area contributed by atoms with Crippen LogP contribution in [0, 0.1) is 5.82 Å². The van der Waals surface area contributed by atoms with Gasteiger partial charge in [-0.3, -0.25) is 24.1 Å². The molecule has 0 saturated heterocycles. The number of amides is 1. The zero-order valence-corrected chi connectivity index (χ0v) is 16.8. The van der Waals surface area contributed by atoms with E-state index in [-0.39, 0.29) is 35.5 Å². The van der Waals surface area contributed by atoms with Crippen LogP contribution in [0.1, 0.15) is 45.7 Å². The van der Waals surface area contributed by atoms with Crippen LogP contribution in [0.2, 0.25) is 0 Å². The van der Waals surface area contributed by atoms with Crippen LogP contribution in [0.4, 0.5) is 10.1 Å². The number of nitrogens with zero attached hydrogens (tertiary/aromatic N) is 1.